The van der Waals surface area contributed by atoms with Gasteiger partial charge in [-0.3, -0.25) is 0 Å². The van der Waals surface area contributed by atoms with Crippen molar-refractivity contribution >= 4 is 49.1 Å². The standard InChI is InChI=1S/C24H18ClN3OS/c1-29-19-12-11-15(13-18(19)25)14-26-23-21-17-9-5-6-10-20(17)30-24(21)28-22(27-23)16-7-3-2-4-8-16/h2-13H,14H2,1H3,(H,26,27,28). The molecular formula is C24H18ClN3OS. The van der Waals surface area contributed by atoms with Crippen molar-refractivity contribution in [1.82, 2.24) is 9.97 Å². The van der Waals surface area contributed by atoms with Gasteiger partial charge in [0, 0.05) is 22.2 Å². The van der Waals surface area contributed by atoms with Gasteiger partial charge in [-0.05, 0) is 23.8 Å². The fraction of sp³-hybridized carbons (Fsp3) is 0.0833. The minimum Gasteiger partial charge on any atom is -0.495 e. The number of fused-ring (bicyclic) bond motifs is 3. The van der Waals surface area contributed by atoms with E-state index >= 15 is 0 Å². The Hall–Kier alpha value is -3.15. The second-order valence-electron chi connectivity index (χ2n) is 6.86. The molecule has 5 rings (SSSR count). The van der Waals surface area contributed by atoms with E-state index in [4.69, 9.17) is 26.3 Å². The molecule has 4 nitrogen and oxygen atoms in total. The second kappa shape index (κ2) is 7.94. The summed E-state index contributed by atoms with van der Waals surface area (Å²) in [7, 11) is 1.61. The minimum atomic E-state index is 0.591. The van der Waals surface area contributed by atoms with Crippen LogP contribution in [0.4, 0.5) is 5.82 Å². The number of methoxy groups -OCH3 is 1. The van der Waals surface area contributed by atoms with Crippen LogP contribution in [0.2, 0.25) is 5.02 Å². The largest absolute Gasteiger partial charge is 0.495 e. The molecule has 0 fully saturated rings. The van der Waals surface area contributed by atoms with E-state index in [1.54, 1.807) is 18.4 Å². The fourth-order valence-electron chi connectivity index (χ4n) is 3.47. The van der Waals surface area contributed by atoms with Gasteiger partial charge in [0.15, 0.2) is 5.82 Å². The minimum absolute atomic E-state index is 0.591. The highest BCUT2D eigenvalue weighted by molar-refractivity contribution is 7.25. The molecule has 6 heteroatoms. The van der Waals surface area contributed by atoms with E-state index in [-0.39, 0.29) is 0 Å². The molecule has 30 heavy (non-hydrogen) atoms. The van der Waals surface area contributed by atoms with Crippen molar-refractivity contribution in [2.75, 3.05) is 12.4 Å². The Labute approximate surface area is 183 Å². The number of hydrogen-bond acceptors (Lipinski definition) is 5. The summed E-state index contributed by atoms with van der Waals surface area (Å²) in [5.41, 5.74) is 2.04. The summed E-state index contributed by atoms with van der Waals surface area (Å²) < 4.78 is 6.45. The molecule has 1 N–H and O–H groups in total. The first-order valence-corrected chi connectivity index (χ1v) is 10.7. The van der Waals surface area contributed by atoms with Crippen LogP contribution in [-0.4, -0.2) is 17.1 Å². The first-order valence-electron chi connectivity index (χ1n) is 9.54. The van der Waals surface area contributed by atoms with Gasteiger partial charge in [0.1, 0.15) is 16.4 Å². The monoisotopic (exact) mass is 431 g/mol. The summed E-state index contributed by atoms with van der Waals surface area (Å²) in [6.45, 7) is 0.591. The zero-order chi connectivity index (χ0) is 20.5. The SMILES string of the molecule is COc1ccc(CNc2nc(-c3ccccc3)nc3sc4ccccc4c23)cc1Cl. The Kier molecular flexibility index (Phi) is 4.99. The van der Waals surface area contributed by atoms with Crippen LogP contribution in [0.25, 0.3) is 31.7 Å². The molecule has 0 aliphatic heterocycles. The summed E-state index contributed by atoms with van der Waals surface area (Å²) >= 11 is 7.98. The Morgan fingerprint density at radius 3 is 2.57 bits per heavy atom. The molecule has 0 unspecified atom stereocenters. The van der Waals surface area contributed by atoms with Gasteiger partial charge in [0.25, 0.3) is 0 Å². The molecule has 0 spiro atoms. The second-order valence-corrected chi connectivity index (χ2v) is 8.30. The molecule has 0 saturated heterocycles. The van der Waals surface area contributed by atoms with Crippen molar-refractivity contribution in [3.63, 3.8) is 0 Å². The number of nitrogens with zero attached hydrogens (tertiary/aromatic N) is 2. The quantitative estimate of drug-likeness (QED) is 0.333. The molecule has 0 radical (unpaired) electrons. The van der Waals surface area contributed by atoms with E-state index in [1.165, 1.54) is 4.70 Å². The Bertz CT molecular complexity index is 1350. The third kappa shape index (κ3) is 3.47. The van der Waals surface area contributed by atoms with Crippen molar-refractivity contribution in [3.05, 3.63) is 83.4 Å². The van der Waals surface area contributed by atoms with Gasteiger partial charge in [-0.25, -0.2) is 9.97 Å². The number of thiophene rings is 1. The number of ether oxygens (including phenoxy) is 1. The summed E-state index contributed by atoms with van der Waals surface area (Å²) in [4.78, 5) is 10.7. The lowest BCUT2D eigenvalue weighted by Crippen LogP contribution is -2.04. The van der Waals surface area contributed by atoms with Gasteiger partial charge in [-0.1, -0.05) is 66.2 Å². The van der Waals surface area contributed by atoms with Crippen LogP contribution in [-0.2, 0) is 6.54 Å². The van der Waals surface area contributed by atoms with Gasteiger partial charge in [0.2, 0.25) is 0 Å². The van der Waals surface area contributed by atoms with Crippen LogP contribution in [0.1, 0.15) is 5.56 Å². The molecule has 0 saturated carbocycles. The Balaban J connectivity index is 1.60. The van der Waals surface area contributed by atoms with E-state index < -0.39 is 0 Å². The average molecular weight is 432 g/mol. The van der Waals surface area contributed by atoms with Crippen LogP contribution in [0.5, 0.6) is 5.75 Å². The van der Waals surface area contributed by atoms with Crippen molar-refractivity contribution in [3.8, 4) is 17.1 Å². The molecule has 0 aliphatic carbocycles. The van der Waals surface area contributed by atoms with Crippen LogP contribution in [0, 0.1) is 0 Å². The van der Waals surface area contributed by atoms with Crippen LogP contribution in [0.3, 0.4) is 0 Å². The number of benzene rings is 3. The maximum absolute atomic E-state index is 6.30. The molecule has 0 atom stereocenters. The smallest absolute Gasteiger partial charge is 0.163 e. The summed E-state index contributed by atoms with van der Waals surface area (Å²) in [5, 5.41) is 6.32. The maximum atomic E-state index is 6.30. The number of hydrogen-bond donors (Lipinski definition) is 1. The third-order valence-electron chi connectivity index (χ3n) is 4.95. The van der Waals surface area contributed by atoms with Crippen LogP contribution < -0.4 is 10.1 Å². The lowest BCUT2D eigenvalue weighted by atomic mass is 10.1. The number of rotatable bonds is 5. The normalized spacial score (nSPS) is 11.1. The first kappa shape index (κ1) is 18.9. The molecule has 3 aromatic carbocycles. The van der Waals surface area contributed by atoms with Crippen molar-refractivity contribution < 1.29 is 4.74 Å². The number of nitrogens with one attached hydrogen (secondary N) is 1. The van der Waals surface area contributed by atoms with E-state index in [2.05, 4.69) is 23.5 Å². The van der Waals surface area contributed by atoms with Crippen molar-refractivity contribution in [2.45, 2.75) is 6.54 Å². The average Bonchev–Trinajstić information content (AvgIpc) is 3.17. The van der Waals surface area contributed by atoms with Gasteiger partial charge in [0.05, 0.1) is 17.5 Å². The molecule has 148 valence electrons. The van der Waals surface area contributed by atoms with E-state index in [0.29, 0.717) is 23.1 Å². The first-order chi connectivity index (χ1) is 14.7. The van der Waals surface area contributed by atoms with Crippen molar-refractivity contribution in [2.24, 2.45) is 0 Å². The van der Waals surface area contributed by atoms with E-state index in [0.717, 1.165) is 32.5 Å². The third-order valence-corrected chi connectivity index (χ3v) is 6.31. The van der Waals surface area contributed by atoms with Crippen LogP contribution >= 0.6 is 22.9 Å². The number of anilines is 1. The molecule has 5 aromatic rings. The number of aromatic nitrogens is 2. The predicted octanol–water partition coefficient (Wildman–Crippen LogP) is 6.79. The molecular weight excluding hydrogens is 414 g/mol. The predicted molar refractivity (Wildman–Crippen MR) is 126 cm³/mol. The molecule has 2 aromatic heterocycles. The van der Waals surface area contributed by atoms with Gasteiger partial charge in [-0.2, -0.15) is 0 Å². The van der Waals surface area contributed by atoms with E-state index in [1.807, 2.05) is 54.6 Å². The molecule has 0 amide bonds. The summed E-state index contributed by atoms with van der Waals surface area (Å²) in [6, 6.07) is 24.2. The fourth-order valence-corrected chi connectivity index (χ4v) is 4.83. The number of halogens is 1. The maximum Gasteiger partial charge on any atom is 0.163 e. The Morgan fingerprint density at radius 2 is 1.77 bits per heavy atom. The van der Waals surface area contributed by atoms with Gasteiger partial charge >= 0.3 is 0 Å². The van der Waals surface area contributed by atoms with Crippen molar-refractivity contribution in [1.29, 1.82) is 0 Å². The molecule has 0 aliphatic rings. The van der Waals surface area contributed by atoms with Gasteiger partial charge in [-0.15, -0.1) is 11.3 Å². The summed E-state index contributed by atoms with van der Waals surface area (Å²) in [6.07, 6.45) is 0. The zero-order valence-corrected chi connectivity index (χ0v) is 17.8. The highest BCUT2D eigenvalue weighted by Crippen LogP contribution is 2.38. The zero-order valence-electron chi connectivity index (χ0n) is 16.2. The lowest BCUT2D eigenvalue weighted by Gasteiger charge is -2.11. The highest BCUT2D eigenvalue weighted by atomic mass is 35.5. The topological polar surface area (TPSA) is 47.0 Å². The lowest BCUT2D eigenvalue weighted by molar-refractivity contribution is 0.415. The molecule has 2 heterocycles. The highest BCUT2D eigenvalue weighted by Gasteiger charge is 2.15. The van der Waals surface area contributed by atoms with Crippen LogP contribution in [0.15, 0.2) is 72.8 Å². The summed E-state index contributed by atoms with van der Waals surface area (Å²) in [5.74, 6) is 2.20. The van der Waals surface area contributed by atoms with Gasteiger partial charge < -0.3 is 10.1 Å². The van der Waals surface area contributed by atoms with E-state index in [9.17, 15) is 0 Å². The Morgan fingerprint density at radius 1 is 0.967 bits per heavy atom. The molecule has 0 bridgehead atoms.